The fourth-order valence-corrected chi connectivity index (χ4v) is 1.71. The van der Waals surface area contributed by atoms with Crippen LogP contribution in [0.4, 0.5) is 0 Å². The maximum atomic E-state index is 11.6. The molecule has 88 valence electrons. The summed E-state index contributed by atoms with van der Waals surface area (Å²) in [7, 11) is 0. The van der Waals surface area contributed by atoms with Crippen molar-refractivity contribution in [1.29, 1.82) is 0 Å². The standard InChI is InChI=1S/C11H9BrN2O3/c1-6-9(15)13-11(17)14(10(6)16)8-4-2-7(12)3-5-8/h2-5,16H,1H3,(H,13,15,17). The first-order chi connectivity index (χ1) is 8.00. The van der Waals surface area contributed by atoms with E-state index in [1.807, 2.05) is 0 Å². The second kappa shape index (κ2) is 4.21. The first-order valence-electron chi connectivity index (χ1n) is 4.81. The van der Waals surface area contributed by atoms with Crippen molar-refractivity contribution in [2.45, 2.75) is 6.92 Å². The van der Waals surface area contributed by atoms with Crippen LogP contribution < -0.4 is 11.2 Å². The van der Waals surface area contributed by atoms with Gasteiger partial charge >= 0.3 is 5.69 Å². The summed E-state index contributed by atoms with van der Waals surface area (Å²) in [5, 5.41) is 9.81. The van der Waals surface area contributed by atoms with Gasteiger partial charge in [-0.25, -0.2) is 9.36 Å². The molecular weight excluding hydrogens is 288 g/mol. The van der Waals surface area contributed by atoms with Crippen molar-refractivity contribution >= 4 is 15.9 Å². The van der Waals surface area contributed by atoms with Crippen molar-refractivity contribution in [3.8, 4) is 11.6 Å². The van der Waals surface area contributed by atoms with Gasteiger partial charge < -0.3 is 5.11 Å². The van der Waals surface area contributed by atoms with Crippen molar-refractivity contribution in [3.05, 3.63) is 55.1 Å². The highest BCUT2D eigenvalue weighted by Gasteiger charge is 2.11. The summed E-state index contributed by atoms with van der Waals surface area (Å²) in [5.74, 6) is -0.346. The number of nitrogens with one attached hydrogen (secondary N) is 1. The van der Waals surface area contributed by atoms with Crippen molar-refractivity contribution in [1.82, 2.24) is 9.55 Å². The average molecular weight is 297 g/mol. The smallest absolute Gasteiger partial charge is 0.335 e. The molecule has 1 heterocycles. The topological polar surface area (TPSA) is 75.1 Å². The molecule has 6 heteroatoms. The molecule has 1 aromatic heterocycles. The molecule has 0 saturated carbocycles. The summed E-state index contributed by atoms with van der Waals surface area (Å²) in [4.78, 5) is 25.0. The number of nitrogens with zero attached hydrogens (tertiary/aromatic N) is 1. The molecule has 0 atom stereocenters. The Hall–Kier alpha value is -1.82. The minimum Gasteiger partial charge on any atom is -0.494 e. The molecule has 0 aliphatic carbocycles. The minimum atomic E-state index is -0.666. The van der Waals surface area contributed by atoms with Crippen LogP contribution in [0.5, 0.6) is 5.88 Å². The third-order valence-corrected chi connectivity index (χ3v) is 2.92. The van der Waals surface area contributed by atoms with Crippen molar-refractivity contribution in [2.24, 2.45) is 0 Å². The summed E-state index contributed by atoms with van der Waals surface area (Å²) in [6.07, 6.45) is 0. The highest BCUT2D eigenvalue weighted by molar-refractivity contribution is 9.10. The van der Waals surface area contributed by atoms with Crippen LogP contribution in [0.3, 0.4) is 0 Å². The van der Waals surface area contributed by atoms with Crippen LogP contribution in [0.1, 0.15) is 5.56 Å². The average Bonchev–Trinajstić information content (AvgIpc) is 2.29. The van der Waals surface area contributed by atoms with Crippen molar-refractivity contribution in [3.63, 3.8) is 0 Å². The van der Waals surface area contributed by atoms with E-state index in [9.17, 15) is 14.7 Å². The largest absolute Gasteiger partial charge is 0.494 e. The van der Waals surface area contributed by atoms with E-state index in [-0.39, 0.29) is 11.4 Å². The van der Waals surface area contributed by atoms with Gasteiger partial charge in [-0.15, -0.1) is 0 Å². The SMILES string of the molecule is Cc1c(O)n(-c2ccc(Br)cc2)c(=O)[nH]c1=O. The van der Waals surface area contributed by atoms with Crippen LogP contribution in [-0.2, 0) is 0 Å². The molecular formula is C11H9BrN2O3. The first-order valence-corrected chi connectivity index (χ1v) is 5.61. The van der Waals surface area contributed by atoms with Gasteiger partial charge in [0.15, 0.2) is 0 Å². The molecule has 0 saturated heterocycles. The van der Waals surface area contributed by atoms with Gasteiger partial charge in [0.2, 0.25) is 5.88 Å². The molecule has 0 amide bonds. The van der Waals surface area contributed by atoms with E-state index in [1.165, 1.54) is 6.92 Å². The summed E-state index contributed by atoms with van der Waals surface area (Å²) < 4.78 is 1.90. The van der Waals surface area contributed by atoms with Crippen LogP contribution in [0, 0.1) is 6.92 Å². The molecule has 2 rings (SSSR count). The van der Waals surface area contributed by atoms with Gasteiger partial charge in [-0.2, -0.15) is 0 Å². The van der Waals surface area contributed by atoms with Gasteiger partial charge in [-0.05, 0) is 31.2 Å². The monoisotopic (exact) mass is 296 g/mol. The Kier molecular flexibility index (Phi) is 2.89. The predicted molar refractivity (Wildman–Crippen MR) is 66.8 cm³/mol. The van der Waals surface area contributed by atoms with E-state index in [4.69, 9.17) is 0 Å². The van der Waals surface area contributed by atoms with E-state index in [2.05, 4.69) is 20.9 Å². The number of benzene rings is 1. The van der Waals surface area contributed by atoms with Crippen LogP contribution >= 0.6 is 15.9 Å². The molecule has 0 aliphatic heterocycles. The maximum Gasteiger partial charge on any atom is 0.335 e. The summed E-state index contributed by atoms with van der Waals surface area (Å²) in [6, 6.07) is 6.79. The molecule has 2 N–H and O–H groups in total. The molecule has 0 fully saturated rings. The lowest BCUT2D eigenvalue weighted by Crippen LogP contribution is -2.30. The summed E-state index contributed by atoms with van der Waals surface area (Å²) in [6.45, 7) is 1.45. The number of aromatic nitrogens is 2. The van der Waals surface area contributed by atoms with Gasteiger partial charge in [-0.1, -0.05) is 15.9 Å². The Labute approximate surface area is 104 Å². The van der Waals surface area contributed by atoms with Crippen molar-refractivity contribution in [2.75, 3.05) is 0 Å². The number of H-pyrrole nitrogens is 1. The molecule has 0 radical (unpaired) electrons. The normalized spacial score (nSPS) is 10.5. The quantitative estimate of drug-likeness (QED) is 0.833. The lowest BCUT2D eigenvalue weighted by Gasteiger charge is -2.09. The molecule has 0 unspecified atom stereocenters. The number of aromatic hydroxyl groups is 1. The molecule has 1 aromatic carbocycles. The Morgan fingerprint density at radius 1 is 1.24 bits per heavy atom. The fourth-order valence-electron chi connectivity index (χ4n) is 1.44. The van der Waals surface area contributed by atoms with E-state index >= 15 is 0 Å². The lowest BCUT2D eigenvalue weighted by molar-refractivity contribution is 0.426. The zero-order valence-electron chi connectivity index (χ0n) is 8.90. The zero-order chi connectivity index (χ0) is 12.6. The first kappa shape index (κ1) is 11.7. The summed E-state index contributed by atoms with van der Waals surface area (Å²) in [5.41, 5.74) is -0.663. The van der Waals surface area contributed by atoms with Gasteiger partial charge in [0.25, 0.3) is 5.56 Å². The van der Waals surface area contributed by atoms with E-state index in [0.29, 0.717) is 5.69 Å². The number of halogens is 1. The van der Waals surface area contributed by atoms with Crippen LogP contribution in [0.15, 0.2) is 38.3 Å². The van der Waals surface area contributed by atoms with Crippen molar-refractivity contribution < 1.29 is 5.11 Å². The highest BCUT2D eigenvalue weighted by Crippen LogP contribution is 2.17. The fraction of sp³-hybridized carbons (Fsp3) is 0.0909. The molecule has 17 heavy (non-hydrogen) atoms. The van der Waals surface area contributed by atoms with Gasteiger partial charge in [-0.3, -0.25) is 9.78 Å². The third-order valence-electron chi connectivity index (χ3n) is 2.40. The minimum absolute atomic E-state index is 0.104. The van der Waals surface area contributed by atoms with E-state index in [1.54, 1.807) is 24.3 Å². The van der Waals surface area contributed by atoms with Crippen LogP contribution in [0.25, 0.3) is 5.69 Å². The number of aromatic amines is 1. The van der Waals surface area contributed by atoms with Crippen LogP contribution in [0.2, 0.25) is 0 Å². The van der Waals surface area contributed by atoms with Gasteiger partial charge in [0.1, 0.15) is 0 Å². The Morgan fingerprint density at radius 3 is 2.41 bits per heavy atom. The second-order valence-electron chi connectivity index (χ2n) is 3.52. The predicted octanol–water partition coefficient (Wildman–Crippen LogP) is 1.30. The highest BCUT2D eigenvalue weighted by atomic mass is 79.9. The second-order valence-corrected chi connectivity index (χ2v) is 4.44. The molecule has 2 aromatic rings. The molecule has 0 bridgehead atoms. The number of rotatable bonds is 1. The zero-order valence-corrected chi connectivity index (χ0v) is 10.5. The third kappa shape index (κ3) is 2.03. The lowest BCUT2D eigenvalue weighted by atomic mass is 10.3. The number of hydrogen-bond donors (Lipinski definition) is 2. The Morgan fingerprint density at radius 2 is 1.82 bits per heavy atom. The maximum absolute atomic E-state index is 11.6. The molecule has 5 nitrogen and oxygen atoms in total. The van der Waals surface area contributed by atoms with Gasteiger partial charge in [0, 0.05) is 4.47 Å². The number of hydrogen-bond acceptors (Lipinski definition) is 3. The molecule has 0 aliphatic rings. The van der Waals surface area contributed by atoms with Gasteiger partial charge in [0.05, 0.1) is 11.3 Å². The summed E-state index contributed by atoms with van der Waals surface area (Å²) >= 11 is 3.27. The Bertz CT molecular complexity index is 671. The van der Waals surface area contributed by atoms with E-state index < -0.39 is 11.2 Å². The Balaban J connectivity index is 2.76. The van der Waals surface area contributed by atoms with Crippen LogP contribution in [-0.4, -0.2) is 14.7 Å². The van der Waals surface area contributed by atoms with E-state index in [0.717, 1.165) is 9.04 Å². The molecule has 0 spiro atoms.